The van der Waals surface area contributed by atoms with E-state index in [2.05, 4.69) is 39.9 Å². The number of nitrogens with zero attached hydrogens (tertiary/aromatic N) is 2. The second-order valence-corrected chi connectivity index (χ2v) is 10.6. The van der Waals surface area contributed by atoms with Crippen molar-refractivity contribution in [2.75, 3.05) is 19.6 Å². The van der Waals surface area contributed by atoms with Crippen LogP contribution in [0.15, 0.2) is 61.2 Å². The van der Waals surface area contributed by atoms with Gasteiger partial charge in [0.15, 0.2) is 0 Å². The number of hydrogen-bond donors (Lipinski definition) is 2. The van der Waals surface area contributed by atoms with Crippen LogP contribution in [0, 0.1) is 0 Å². The number of rotatable bonds is 7. The summed E-state index contributed by atoms with van der Waals surface area (Å²) in [5.41, 5.74) is 3.02. The number of hydrogen-bond acceptors (Lipinski definition) is 4. The molecule has 3 unspecified atom stereocenters. The van der Waals surface area contributed by atoms with Crippen LogP contribution in [0.3, 0.4) is 0 Å². The Kier molecular flexibility index (Phi) is 7.54. The lowest BCUT2D eigenvalue weighted by atomic mass is 9.93. The second-order valence-electron chi connectivity index (χ2n) is 10.6. The highest BCUT2D eigenvalue weighted by Crippen LogP contribution is 2.41. The molecule has 2 heterocycles. The molecule has 1 amide bonds. The minimum absolute atomic E-state index is 0.0345. The van der Waals surface area contributed by atoms with Gasteiger partial charge in [-0.2, -0.15) is 0 Å². The van der Waals surface area contributed by atoms with Crippen molar-refractivity contribution in [1.82, 2.24) is 15.1 Å². The predicted octanol–water partition coefficient (Wildman–Crippen LogP) is 5.27. The fourth-order valence-corrected chi connectivity index (χ4v) is 6.52. The van der Waals surface area contributed by atoms with E-state index in [1.165, 1.54) is 37.7 Å². The summed E-state index contributed by atoms with van der Waals surface area (Å²) >= 11 is 0. The fraction of sp³-hybridized carbons (Fsp3) is 0.500. The first-order valence-corrected chi connectivity index (χ1v) is 13.4. The summed E-state index contributed by atoms with van der Waals surface area (Å²) in [4.78, 5) is 18.1. The van der Waals surface area contributed by atoms with E-state index < -0.39 is 0 Å². The van der Waals surface area contributed by atoms with Gasteiger partial charge in [0, 0.05) is 43.3 Å². The van der Waals surface area contributed by atoms with Crippen LogP contribution in [0.2, 0.25) is 0 Å². The maximum absolute atomic E-state index is 12.9. The van der Waals surface area contributed by atoms with Gasteiger partial charge in [-0.05, 0) is 67.5 Å². The summed E-state index contributed by atoms with van der Waals surface area (Å²) < 4.78 is 0. The molecule has 2 aromatic rings. The third kappa shape index (κ3) is 5.46. The highest BCUT2D eigenvalue weighted by atomic mass is 16.3. The fourth-order valence-electron chi connectivity index (χ4n) is 6.52. The topological polar surface area (TPSA) is 55.8 Å². The smallest absolute Gasteiger partial charge is 0.251 e. The molecule has 0 aromatic heterocycles. The van der Waals surface area contributed by atoms with Crippen LogP contribution in [-0.4, -0.2) is 58.6 Å². The molecule has 2 bridgehead atoms. The Morgan fingerprint density at radius 3 is 2.51 bits per heavy atom. The van der Waals surface area contributed by atoms with E-state index in [4.69, 9.17) is 0 Å². The first kappa shape index (κ1) is 24.1. The normalized spacial score (nSPS) is 24.6. The number of aromatic hydroxyl groups is 1. The van der Waals surface area contributed by atoms with E-state index in [1.807, 2.05) is 30.3 Å². The molecule has 2 aromatic carbocycles. The molecule has 5 rings (SSSR count). The van der Waals surface area contributed by atoms with Crippen molar-refractivity contribution in [3.8, 4) is 5.75 Å². The lowest BCUT2D eigenvalue weighted by Crippen LogP contribution is -2.42. The molecule has 3 fully saturated rings. The van der Waals surface area contributed by atoms with Crippen LogP contribution < -0.4 is 5.32 Å². The Labute approximate surface area is 209 Å². The standard InChI is InChI=1S/C30H39N3O2/c1-2-18-32-19-17-26-15-16-27(21-32)33(26)29(24-7-6-10-28(34)20-24)22-11-13-23(14-12-22)30(35)31-25-8-4-3-5-9-25/h2,6-7,10-14,20,25-27,29,34H,1,3-5,8-9,15-19,21H2,(H,31,35). The largest absolute Gasteiger partial charge is 0.508 e. The van der Waals surface area contributed by atoms with Gasteiger partial charge < -0.3 is 10.4 Å². The first-order valence-electron chi connectivity index (χ1n) is 13.4. The zero-order valence-corrected chi connectivity index (χ0v) is 20.7. The molecular weight excluding hydrogens is 434 g/mol. The van der Waals surface area contributed by atoms with Crippen LogP contribution in [-0.2, 0) is 0 Å². The molecular formula is C30H39N3O2. The van der Waals surface area contributed by atoms with Crippen molar-refractivity contribution >= 4 is 5.91 Å². The number of carbonyl (C=O) groups is 1. The Balaban J connectivity index is 1.42. The molecule has 35 heavy (non-hydrogen) atoms. The summed E-state index contributed by atoms with van der Waals surface area (Å²) in [5, 5.41) is 13.5. The van der Waals surface area contributed by atoms with Crippen LogP contribution in [0.5, 0.6) is 5.75 Å². The summed E-state index contributed by atoms with van der Waals surface area (Å²) in [7, 11) is 0. The lowest BCUT2D eigenvalue weighted by molar-refractivity contribution is 0.0927. The van der Waals surface area contributed by atoms with Gasteiger partial charge in [-0.1, -0.05) is 49.6 Å². The molecule has 0 spiro atoms. The Hall–Kier alpha value is -2.63. The Morgan fingerprint density at radius 1 is 1.00 bits per heavy atom. The summed E-state index contributed by atoms with van der Waals surface area (Å²) in [6.45, 7) is 7.01. The first-order chi connectivity index (χ1) is 17.1. The molecule has 2 N–H and O–H groups in total. The third-order valence-electron chi connectivity index (χ3n) is 8.22. The van der Waals surface area contributed by atoms with Crippen molar-refractivity contribution < 1.29 is 9.90 Å². The average Bonchev–Trinajstić information content (AvgIpc) is 3.16. The van der Waals surface area contributed by atoms with Crippen LogP contribution in [0.4, 0.5) is 0 Å². The molecule has 1 aliphatic carbocycles. The summed E-state index contributed by atoms with van der Waals surface area (Å²) in [5.74, 6) is 0.332. The zero-order valence-electron chi connectivity index (χ0n) is 20.7. The summed E-state index contributed by atoms with van der Waals surface area (Å²) in [6.07, 6.45) is 11.4. The van der Waals surface area contributed by atoms with Crippen molar-refractivity contribution in [3.05, 3.63) is 77.9 Å². The van der Waals surface area contributed by atoms with Crippen molar-refractivity contribution in [2.45, 2.75) is 75.5 Å². The maximum Gasteiger partial charge on any atom is 0.251 e. The monoisotopic (exact) mass is 473 g/mol. The van der Waals surface area contributed by atoms with Gasteiger partial charge in [0.05, 0.1) is 6.04 Å². The van der Waals surface area contributed by atoms with Crippen LogP contribution in [0.1, 0.15) is 78.9 Å². The van der Waals surface area contributed by atoms with Gasteiger partial charge in [0.25, 0.3) is 5.91 Å². The van der Waals surface area contributed by atoms with Crippen molar-refractivity contribution in [3.63, 3.8) is 0 Å². The predicted molar refractivity (Wildman–Crippen MR) is 141 cm³/mol. The number of phenols is 1. The van der Waals surface area contributed by atoms with E-state index in [0.29, 0.717) is 23.9 Å². The molecule has 3 atom stereocenters. The SMILES string of the molecule is C=CCN1CCC2CCC(C1)N2C(c1ccc(C(=O)NC2CCCCC2)cc1)c1cccc(O)c1. The number of likely N-dealkylation sites (tertiary alicyclic amines) is 1. The quantitative estimate of drug-likeness (QED) is 0.538. The number of carbonyl (C=O) groups excluding carboxylic acids is 1. The number of phenolic OH excluding ortho intramolecular Hbond substituents is 1. The van der Waals surface area contributed by atoms with Gasteiger partial charge >= 0.3 is 0 Å². The van der Waals surface area contributed by atoms with Gasteiger partial charge in [-0.3, -0.25) is 14.6 Å². The molecule has 5 heteroatoms. The molecule has 0 radical (unpaired) electrons. The molecule has 2 saturated heterocycles. The number of amides is 1. The molecule has 2 aliphatic heterocycles. The molecule has 3 aliphatic rings. The van der Waals surface area contributed by atoms with Crippen molar-refractivity contribution in [1.29, 1.82) is 0 Å². The maximum atomic E-state index is 12.9. The molecule has 5 nitrogen and oxygen atoms in total. The van der Waals surface area contributed by atoms with E-state index in [1.54, 1.807) is 6.07 Å². The average molecular weight is 474 g/mol. The van der Waals surface area contributed by atoms with Crippen molar-refractivity contribution in [2.24, 2.45) is 0 Å². The van der Waals surface area contributed by atoms with E-state index in [0.717, 1.165) is 50.0 Å². The van der Waals surface area contributed by atoms with E-state index in [9.17, 15) is 9.90 Å². The zero-order chi connectivity index (χ0) is 24.2. The van der Waals surface area contributed by atoms with E-state index >= 15 is 0 Å². The second kappa shape index (κ2) is 11.0. The summed E-state index contributed by atoms with van der Waals surface area (Å²) in [6, 6.07) is 17.2. The van der Waals surface area contributed by atoms with Gasteiger partial charge in [0.2, 0.25) is 0 Å². The molecule has 186 valence electrons. The highest BCUT2D eigenvalue weighted by Gasteiger charge is 2.41. The third-order valence-corrected chi connectivity index (χ3v) is 8.22. The van der Waals surface area contributed by atoms with Crippen LogP contribution >= 0.6 is 0 Å². The number of nitrogens with one attached hydrogen (secondary N) is 1. The number of benzene rings is 2. The Morgan fingerprint density at radius 2 is 1.77 bits per heavy atom. The van der Waals surface area contributed by atoms with Gasteiger partial charge in [0.1, 0.15) is 5.75 Å². The van der Waals surface area contributed by atoms with Gasteiger partial charge in [-0.25, -0.2) is 0 Å². The Bertz CT molecular complexity index is 1010. The minimum atomic E-state index is 0.0345. The highest BCUT2D eigenvalue weighted by molar-refractivity contribution is 5.94. The number of fused-ring (bicyclic) bond motifs is 2. The van der Waals surface area contributed by atoms with Crippen LogP contribution in [0.25, 0.3) is 0 Å². The lowest BCUT2D eigenvalue weighted by Gasteiger charge is -2.37. The van der Waals surface area contributed by atoms with Gasteiger partial charge in [-0.15, -0.1) is 6.58 Å². The van der Waals surface area contributed by atoms with E-state index in [-0.39, 0.29) is 11.9 Å². The minimum Gasteiger partial charge on any atom is -0.508 e. The molecule has 1 saturated carbocycles.